The molecule has 0 aliphatic heterocycles. The second kappa shape index (κ2) is 6.88. The predicted octanol–water partition coefficient (Wildman–Crippen LogP) is 0.666. The zero-order valence-corrected chi connectivity index (χ0v) is 13.1. The molecule has 21 heavy (non-hydrogen) atoms. The molecular weight excluding hydrogens is 298 g/mol. The molecule has 0 saturated carbocycles. The number of anilines is 1. The van der Waals surface area contributed by atoms with Gasteiger partial charge in [0, 0.05) is 11.3 Å². The molecule has 1 aromatic rings. The van der Waals surface area contributed by atoms with E-state index in [0.29, 0.717) is 26.7 Å². The van der Waals surface area contributed by atoms with E-state index in [1.807, 2.05) is 0 Å². The molecule has 0 amide bonds. The number of aryl methyl sites for hydroxylation is 1. The molecule has 118 valence electrons. The summed E-state index contributed by atoms with van der Waals surface area (Å²) < 4.78 is 28.9. The zero-order valence-electron chi connectivity index (χ0n) is 12.2. The van der Waals surface area contributed by atoms with Gasteiger partial charge in [0.05, 0.1) is 19.4 Å². The van der Waals surface area contributed by atoms with Gasteiger partial charge in [-0.1, -0.05) is 0 Å². The summed E-state index contributed by atoms with van der Waals surface area (Å²) in [6.45, 7) is 4.25. The Bertz CT molecular complexity index is 574. The minimum Gasteiger partial charge on any atom is -0.755 e. The van der Waals surface area contributed by atoms with Crippen LogP contribution in [-0.4, -0.2) is 44.7 Å². The number of carboxylic acid groups (broad SMARTS) is 1. The van der Waals surface area contributed by atoms with E-state index in [1.54, 1.807) is 26.8 Å². The number of aliphatic hydroxyl groups is 1. The number of methoxy groups -OCH3 is 1. The van der Waals surface area contributed by atoms with Gasteiger partial charge in [-0.2, -0.15) is 0 Å². The van der Waals surface area contributed by atoms with Crippen molar-refractivity contribution in [1.29, 1.82) is 0 Å². The van der Waals surface area contributed by atoms with E-state index in [-0.39, 0.29) is 5.69 Å². The molecule has 2 atom stereocenters. The van der Waals surface area contributed by atoms with E-state index in [4.69, 9.17) is 9.84 Å². The number of hydrogen-bond donors (Lipinski definition) is 2. The van der Waals surface area contributed by atoms with Crippen LogP contribution in [-0.2, 0) is 16.1 Å². The number of rotatable bonds is 6. The third kappa shape index (κ3) is 3.34. The first-order valence-electron chi connectivity index (χ1n) is 6.13. The molecule has 0 radical (unpaired) electrons. The lowest BCUT2D eigenvalue weighted by Crippen LogP contribution is -2.45. The summed E-state index contributed by atoms with van der Waals surface area (Å²) in [5.74, 6) is -0.838. The third-order valence-corrected chi connectivity index (χ3v) is 4.11. The Kier molecular flexibility index (Phi) is 5.70. The summed E-state index contributed by atoms with van der Waals surface area (Å²) in [6, 6.07) is 0.0573. The Balaban J connectivity index is 3.57. The first-order chi connectivity index (χ1) is 9.76. The van der Waals surface area contributed by atoms with Crippen molar-refractivity contribution in [2.24, 2.45) is 0 Å². The Hall–Kier alpha value is -1.64. The SMILES string of the molecule is COc1cc(C)c(N(C(CO)C(=O)O)S(=O)[O-])c(C)c1C. The number of benzene rings is 1. The maximum Gasteiger partial charge on any atom is 0.329 e. The molecule has 0 aliphatic rings. The van der Waals surface area contributed by atoms with Gasteiger partial charge in [0.1, 0.15) is 5.75 Å². The van der Waals surface area contributed by atoms with Crippen LogP contribution in [0.1, 0.15) is 16.7 Å². The van der Waals surface area contributed by atoms with E-state index in [1.165, 1.54) is 7.11 Å². The van der Waals surface area contributed by atoms with Gasteiger partial charge in [-0.3, -0.25) is 8.51 Å². The van der Waals surface area contributed by atoms with Crippen molar-refractivity contribution in [2.75, 3.05) is 18.0 Å². The van der Waals surface area contributed by atoms with Crippen LogP contribution in [0.3, 0.4) is 0 Å². The van der Waals surface area contributed by atoms with E-state index in [0.717, 1.165) is 0 Å². The van der Waals surface area contributed by atoms with Gasteiger partial charge in [-0.05, 0) is 43.5 Å². The third-order valence-electron chi connectivity index (χ3n) is 3.35. The fraction of sp³-hybridized carbons (Fsp3) is 0.462. The normalized spacial score (nSPS) is 13.6. The van der Waals surface area contributed by atoms with Crippen LogP contribution in [0, 0.1) is 20.8 Å². The van der Waals surface area contributed by atoms with E-state index < -0.39 is 29.9 Å². The Morgan fingerprint density at radius 1 is 1.43 bits per heavy atom. The quantitative estimate of drug-likeness (QED) is 0.746. The number of hydrogen-bond acceptors (Lipinski definition) is 5. The van der Waals surface area contributed by atoms with Gasteiger partial charge in [0.15, 0.2) is 6.04 Å². The second-order valence-corrected chi connectivity index (χ2v) is 5.40. The van der Waals surface area contributed by atoms with Crippen LogP contribution in [0.4, 0.5) is 5.69 Å². The lowest BCUT2D eigenvalue weighted by atomic mass is 10.0. The van der Waals surface area contributed by atoms with Gasteiger partial charge in [-0.25, -0.2) is 4.79 Å². The van der Waals surface area contributed by atoms with Gasteiger partial charge in [0.2, 0.25) is 0 Å². The maximum atomic E-state index is 11.5. The van der Waals surface area contributed by atoms with Crippen LogP contribution < -0.4 is 9.04 Å². The molecular formula is C13H18NO6S-. The average molecular weight is 316 g/mol. The Labute approximate surface area is 125 Å². The highest BCUT2D eigenvalue weighted by Crippen LogP contribution is 2.35. The minimum absolute atomic E-state index is 0.239. The maximum absolute atomic E-state index is 11.5. The molecule has 0 spiro atoms. The zero-order chi connectivity index (χ0) is 16.3. The Morgan fingerprint density at radius 2 is 2.00 bits per heavy atom. The van der Waals surface area contributed by atoms with Gasteiger partial charge >= 0.3 is 5.97 Å². The molecule has 0 aliphatic carbocycles. The summed E-state index contributed by atoms with van der Waals surface area (Å²) in [5.41, 5.74) is 2.06. The number of carbonyl (C=O) groups is 1. The molecule has 1 aromatic carbocycles. The van der Waals surface area contributed by atoms with Crippen molar-refractivity contribution in [3.05, 3.63) is 22.8 Å². The second-order valence-electron chi connectivity index (χ2n) is 4.57. The van der Waals surface area contributed by atoms with Gasteiger partial charge in [0.25, 0.3) is 0 Å². The summed E-state index contributed by atoms with van der Waals surface area (Å²) >= 11 is -2.84. The molecule has 1 rings (SSSR count). The lowest BCUT2D eigenvalue weighted by molar-refractivity contribution is -0.139. The minimum atomic E-state index is -2.84. The van der Waals surface area contributed by atoms with E-state index in [2.05, 4.69) is 0 Å². The highest BCUT2D eigenvalue weighted by molar-refractivity contribution is 7.80. The monoisotopic (exact) mass is 316 g/mol. The van der Waals surface area contributed by atoms with Crippen molar-refractivity contribution in [3.63, 3.8) is 0 Å². The molecule has 0 aromatic heterocycles. The van der Waals surface area contributed by atoms with Gasteiger partial charge in [-0.15, -0.1) is 0 Å². The van der Waals surface area contributed by atoms with Crippen molar-refractivity contribution < 1.29 is 28.5 Å². The molecule has 2 N–H and O–H groups in total. The highest BCUT2D eigenvalue weighted by Gasteiger charge is 2.29. The number of aliphatic hydroxyl groups excluding tert-OH is 1. The van der Waals surface area contributed by atoms with Crippen molar-refractivity contribution >= 4 is 22.9 Å². The fourth-order valence-corrected chi connectivity index (χ4v) is 2.96. The van der Waals surface area contributed by atoms with Crippen LogP contribution in [0.15, 0.2) is 6.07 Å². The molecule has 0 heterocycles. The van der Waals surface area contributed by atoms with Crippen molar-refractivity contribution in [1.82, 2.24) is 0 Å². The van der Waals surface area contributed by atoms with E-state index in [9.17, 15) is 18.7 Å². The van der Waals surface area contributed by atoms with Crippen molar-refractivity contribution in [2.45, 2.75) is 26.8 Å². The highest BCUT2D eigenvalue weighted by atomic mass is 32.2. The van der Waals surface area contributed by atoms with Crippen LogP contribution >= 0.6 is 0 Å². The summed E-state index contributed by atoms with van der Waals surface area (Å²) in [4.78, 5) is 11.2. The molecule has 0 bridgehead atoms. The average Bonchev–Trinajstić information content (AvgIpc) is 2.41. The number of ether oxygens (including phenoxy) is 1. The predicted molar refractivity (Wildman–Crippen MR) is 77.1 cm³/mol. The summed E-state index contributed by atoms with van der Waals surface area (Å²) in [7, 11) is 1.50. The molecule has 0 saturated heterocycles. The molecule has 0 fully saturated rings. The molecule has 2 unspecified atom stereocenters. The van der Waals surface area contributed by atoms with Crippen LogP contribution in [0.5, 0.6) is 5.75 Å². The standard InChI is InChI=1S/C13H19NO6S/c1-7-5-11(20-4)8(2)9(3)12(7)14(21(18)19)10(6-15)13(16)17/h5,10,15H,6H2,1-4H3,(H,16,17)(H,18,19)/p-1. The first kappa shape index (κ1) is 17.4. The largest absolute Gasteiger partial charge is 0.755 e. The van der Waals surface area contributed by atoms with Crippen LogP contribution in [0.25, 0.3) is 0 Å². The van der Waals surface area contributed by atoms with Crippen LogP contribution in [0.2, 0.25) is 0 Å². The molecule has 8 heteroatoms. The molecule has 7 nitrogen and oxygen atoms in total. The Morgan fingerprint density at radius 3 is 2.38 bits per heavy atom. The van der Waals surface area contributed by atoms with Crippen molar-refractivity contribution in [3.8, 4) is 5.75 Å². The van der Waals surface area contributed by atoms with Gasteiger partial charge < -0.3 is 19.5 Å². The first-order valence-corrected chi connectivity index (χ1v) is 7.16. The summed E-state index contributed by atoms with van der Waals surface area (Å²) in [5, 5.41) is 18.3. The number of aliphatic carboxylic acids is 1. The topological polar surface area (TPSA) is 110 Å². The van der Waals surface area contributed by atoms with E-state index >= 15 is 0 Å². The summed E-state index contributed by atoms with van der Waals surface area (Å²) in [6.07, 6.45) is 0. The fourth-order valence-electron chi connectivity index (χ4n) is 2.17. The lowest BCUT2D eigenvalue weighted by Gasteiger charge is -2.34. The number of carboxylic acids is 1. The number of nitrogens with zero attached hydrogens (tertiary/aromatic N) is 1. The smallest absolute Gasteiger partial charge is 0.329 e.